The van der Waals surface area contributed by atoms with Crippen LogP contribution in [0.2, 0.25) is 5.02 Å². The number of rotatable bonds is 4. The van der Waals surface area contributed by atoms with Gasteiger partial charge in [-0.1, -0.05) is 29.8 Å². The molecule has 0 bridgehead atoms. The maximum absolute atomic E-state index is 12.2. The summed E-state index contributed by atoms with van der Waals surface area (Å²) in [4.78, 5) is 20.8. The minimum atomic E-state index is -0.390. The fraction of sp³-hybridized carbons (Fsp3) is 0.105. The van der Waals surface area contributed by atoms with Crippen molar-refractivity contribution in [1.82, 2.24) is 9.97 Å². The number of amides is 2. The van der Waals surface area contributed by atoms with E-state index < -0.39 is 0 Å². The largest absolute Gasteiger partial charge is 0.424 e. The zero-order chi connectivity index (χ0) is 18.5. The van der Waals surface area contributed by atoms with E-state index in [4.69, 9.17) is 16.3 Å². The van der Waals surface area contributed by atoms with Gasteiger partial charge in [0.15, 0.2) is 0 Å². The maximum atomic E-state index is 12.2. The van der Waals surface area contributed by atoms with E-state index in [1.165, 1.54) is 0 Å². The number of benzene rings is 2. The van der Waals surface area contributed by atoms with E-state index in [-0.39, 0.29) is 12.0 Å². The molecule has 0 saturated carbocycles. The molecule has 0 aliphatic rings. The van der Waals surface area contributed by atoms with Crippen molar-refractivity contribution in [3.05, 3.63) is 71.0 Å². The molecule has 0 saturated heterocycles. The van der Waals surface area contributed by atoms with Crippen LogP contribution in [0.1, 0.15) is 11.4 Å². The Morgan fingerprint density at radius 1 is 0.923 bits per heavy atom. The summed E-state index contributed by atoms with van der Waals surface area (Å²) in [5, 5.41) is 6.10. The average Bonchev–Trinajstić information content (AvgIpc) is 2.61. The van der Waals surface area contributed by atoms with Gasteiger partial charge in [0, 0.05) is 10.7 Å². The number of ether oxygens (including phenoxy) is 1. The maximum Gasteiger partial charge on any atom is 0.323 e. The number of nitrogens with zero attached hydrogens (tertiary/aromatic N) is 2. The third-order valence-corrected chi connectivity index (χ3v) is 3.80. The van der Waals surface area contributed by atoms with Gasteiger partial charge in [0.05, 0.1) is 17.1 Å². The van der Waals surface area contributed by atoms with Crippen molar-refractivity contribution in [2.45, 2.75) is 13.8 Å². The second-order valence-corrected chi connectivity index (χ2v) is 5.99. The first kappa shape index (κ1) is 17.7. The number of para-hydroxylation sites is 1. The normalized spacial score (nSPS) is 10.3. The molecule has 2 amide bonds. The third kappa shape index (κ3) is 4.49. The SMILES string of the molecule is Cc1nc(Oc2ccccc2)nc(C)c1NC(=O)Nc1ccc(Cl)cc1. The molecule has 2 aromatic carbocycles. The summed E-state index contributed by atoms with van der Waals surface area (Å²) in [6.45, 7) is 3.56. The van der Waals surface area contributed by atoms with E-state index in [1.807, 2.05) is 30.3 Å². The van der Waals surface area contributed by atoms with Crippen molar-refractivity contribution in [1.29, 1.82) is 0 Å². The van der Waals surface area contributed by atoms with Gasteiger partial charge in [-0.3, -0.25) is 0 Å². The van der Waals surface area contributed by atoms with Crippen LogP contribution in [-0.4, -0.2) is 16.0 Å². The van der Waals surface area contributed by atoms with Crippen molar-refractivity contribution in [3.8, 4) is 11.8 Å². The molecule has 3 rings (SSSR count). The molecule has 1 aromatic heterocycles. The summed E-state index contributed by atoms with van der Waals surface area (Å²) in [7, 11) is 0. The monoisotopic (exact) mass is 368 g/mol. The van der Waals surface area contributed by atoms with Gasteiger partial charge in [-0.25, -0.2) is 4.79 Å². The van der Waals surface area contributed by atoms with Gasteiger partial charge in [0.25, 0.3) is 0 Å². The van der Waals surface area contributed by atoms with Crippen LogP contribution < -0.4 is 15.4 Å². The van der Waals surface area contributed by atoms with Crippen LogP contribution in [0.3, 0.4) is 0 Å². The van der Waals surface area contributed by atoms with Crippen LogP contribution in [0.25, 0.3) is 0 Å². The highest BCUT2D eigenvalue weighted by Crippen LogP contribution is 2.23. The highest BCUT2D eigenvalue weighted by Gasteiger charge is 2.13. The molecule has 2 N–H and O–H groups in total. The Kier molecular flexibility index (Phi) is 5.34. The topological polar surface area (TPSA) is 76.1 Å². The van der Waals surface area contributed by atoms with Crippen LogP contribution in [0.4, 0.5) is 16.2 Å². The van der Waals surface area contributed by atoms with E-state index in [1.54, 1.807) is 38.1 Å². The Balaban J connectivity index is 1.71. The lowest BCUT2D eigenvalue weighted by Crippen LogP contribution is -2.21. The number of urea groups is 1. The molecule has 26 heavy (non-hydrogen) atoms. The fourth-order valence-electron chi connectivity index (χ4n) is 2.32. The second-order valence-electron chi connectivity index (χ2n) is 5.55. The first-order valence-corrected chi connectivity index (χ1v) is 8.31. The first-order valence-electron chi connectivity index (χ1n) is 7.93. The summed E-state index contributed by atoms with van der Waals surface area (Å²) in [6, 6.07) is 15.9. The van der Waals surface area contributed by atoms with Gasteiger partial charge in [-0.2, -0.15) is 9.97 Å². The summed E-state index contributed by atoms with van der Waals surface area (Å²) in [5.41, 5.74) is 2.38. The van der Waals surface area contributed by atoms with E-state index in [9.17, 15) is 4.79 Å². The number of aryl methyl sites for hydroxylation is 2. The van der Waals surface area contributed by atoms with Crippen molar-refractivity contribution >= 4 is 29.0 Å². The summed E-state index contributed by atoms with van der Waals surface area (Å²) < 4.78 is 5.64. The zero-order valence-corrected chi connectivity index (χ0v) is 15.0. The molecule has 0 unspecified atom stereocenters. The summed E-state index contributed by atoms with van der Waals surface area (Å²) in [5.74, 6) is 0.646. The quantitative estimate of drug-likeness (QED) is 0.665. The van der Waals surface area contributed by atoms with Gasteiger partial charge >= 0.3 is 12.0 Å². The minimum Gasteiger partial charge on any atom is -0.424 e. The molecular weight excluding hydrogens is 352 g/mol. The van der Waals surface area contributed by atoms with Gasteiger partial charge in [-0.15, -0.1) is 0 Å². The van der Waals surface area contributed by atoms with Gasteiger partial charge < -0.3 is 15.4 Å². The van der Waals surface area contributed by atoms with Gasteiger partial charge in [0.2, 0.25) is 0 Å². The minimum absolute atomic E-state index is 0.231. The number of halogens is 1. The average molecular weight is 369 g/mol. The van der Waals surface area contributed by atoms with Crippen LogP contribution in [0.15, 0.2) is 54.6 Å². The molecule has 1 heterocycles. The molecule has 7 heteroatoms. The highest BCUT2D eigenvalue weighted by atomic mass is 35.5. The van der Waals surface area contributed by atoms with Crippen molar-refractivity contribution in [3.63, 3.8) is 0 Å². The zero-order valence-electron chi connectivity index (χ0n) is 14.3. The molecule has 0 fully saturated rings. The predicted molar refractivity (Wildman–Crippen MR) is 102 cm³/mol. The number of carbonyl (C=O) groups excluding carboxylic acids is 1. The van der Waals surface area contributed by atoms with Crippen LogP contribution in [0.5, 0.6) is 11.8 Å². The number of hydrogen-bond donors (Lipinski definition) is 2. The first-order chi connectivity index (χ1) is 12.5. The molecule has 0 aliphatic heterocycles. The Labute approximate surface area is 156 Å². The molecule has 0 atom stereocenters. The molecule has 0 radical (unpaired) electrons. The Morgan fingerprint density at radius 2 is 1.54 bits per heavy atom. The number of carbonyl (C=O) groups is 1. The lowest BCUT2D eigenvalue weighted by molar-refractivity contribution is 0.262. The van der Waals surface area contributed by atoms with Crippen LogP contribution >= 0.6 is 11.6 Å². The van der Waals surface area contributed by atoms with E-state index in [2.05, 4.69) is 20.6 Å². The van der Waals surface area contributed by atoms with Gasteiger partial charge in [0.1, 0.15) is 5.75 Å². The summed E-state index contributed by atoms with van der Waals surface area (Å²) >= 11 is 5.84. The fourth-order valence-corrected chi connectivity index (χ4v) is 2.44. The smallest absolute Gasteiger partial charge is 0.323 e. The lowest BCUT2D eigenvalue weighted by Gasteiger charge is -2.13. The second kappa shape index (κ2) is 7.84. The molecule has 0 spiro atoms. The van der Waals surface area contributed by atoms with E-state index >= 15 is 0 Å². The molecule has 132 valence electrons. The number of aromatic nitrogens is 2. The van der Waals surface area contributed by atoms with Crippen molar-refractivity contribution < 1.29 is 9.53 Å². The Morgan fingerprint density at radius 3 is 2.15 bits per heavy atom. The number of anilines is 2. The molecular formula is C19H17ClN4O2. The summed E-state index contributed by atoms with van der Waals surface area (Å²) in [6.07, 6.45) is 0. The van der Waals surface area contributed by atoms with E-state index in [0.29, 0.717) is 33.5 Å². The number of hydrogen-bond acceptors (Lipinski definition) is 4. The highest BCUT2D eigenvalue weighted by molar-refractivity contribution is 6.30. The Hall–Kier alpha value is -3.12. The molecule has 0 aliphatic carbocycles. The third-order valence-electron chi connectivity index (χ3n) is 3.54. The lowest BCUT2D eigenvalue weighted by atomic mass is 10.3. The van der Waals surface area contributed by atoms with Crippen LogP contribution in [0, 0.1) is 13.8 Å². The Bertz CT molecular complexity index is 892. The molecule has 3 aromatic rings. The van der Waals surface area contributed by atoms with Crippen molar-refractivity contribution in [2.24, 2.45) is 0 Å². The predicted octanol–water partition coefficient (Wildman–Crippen LogP) is 5.18. The van der Waals surface area contributed by atoms with Crippen LogP contribution in [-0.2, 0) is 0 Å². The number of nitrogens with one attached hydrogen (secondary N) is 2. The van der Waals surface area contributed by atoms with E-state index in [0.717, 1.165) is 0 Å². The standard InChI is InChI=1S/C19H17ClN4O2/c1-12-17(24-18(25)23-15-10-8-14(20)9-11-15)13(2)22-19(21-12)26-16-6-4-3-5-7-16/h3-11H,1-2H3,(H2,23,24,25). The van der Waals surface area contributed by atoms with Crippen molar-refractivity contribution in [2.75, 3.05) is 10.6 Å². The molecule has 6 nitrogen and oxygen atoms in total. The van der Waals surface area contributed by atoms with Gasteiger partial charge in [-0.05, 0) is 50.2 Å².